The van der Waals surface area contributed by atoms with E-state index in [1.54, 1.807) is 0 Å². The van der Waals surface area contributed by atoms with Gasteiger partial charge < -0.3 is 4.57 Å². The zero-order chi connectivity index (χ0) is 34.9. The standard InChI is InChI=1S/C49H30N4/c1-4-13-31(14-5-1)32-23-25-35(26-24-32)48-50-47(34-16-6-2-7-17-34)51-49(52-48)36-29-41-39-28-27-33-15-10-11-20-38(33)44(39)40-21-12-22-42-45(40)46(41)43(30-36)53(42)37-18-8-3-9-19-37/h1-30H. The first-order chi connectivity index (χ1) is 26.3. The molecule has 0 aliphatic heterocycles. The Morgan fingerprint density at radius 2 is 0.849 bits per heavy atom. The van der Waals surface area contributed by atoms with E-state index >= 15 is 0 Å². The van der Waals surface area contributed by atoms with Gasteiger partial charge in [0.2, 0.25) is 0 Å². The summed E-state index contributed by atoms with van der Waals surface area (Å²) in [6, 6.07) is 64.4. The zero-order valence-corrected chi connectivity index (χ0v) is 28.6. The van der Waals surface area contributed by atoms with Crippen LogP contribution in [0, 0.1) is 0 Å². The molecular weight excluding hydrogens is 645 g/mol. The molecule has 11 rings (SSSR count). The fourth-order valence-electron chi connectivity index (χ4n) is 8.17. The summed E-state index contributed by atoms with van der Waals surface area (Å²) < 4.78 is 2.40. The highest BCUT2D eigenvalue weighted by Gasteiger charge is 2.23. The van der Waals surface area contributed by atoms with Crippen molar-refractivity contribution < 1.29 is 0 Å². The molecule has 246 valence electrons. The third-order valence-electron chi connectivity index (χ3n) is 10.6. The van der Waals surface area contributed by atoms with E-state index in [-0.39, 0.29) is 0 Å². The van der Waals surface area contributed by atoms with Crippen molar-refractivity contribution in [3.05, 3.63) is 182 Å². The number of para-hydroxylation sites is 1. The average molecular weight is 675 g/mol. The summed E-state index contributed by atoms with van der Waals surface area (Å²) in [4.78, 5) is 15.5. The number of aromatic nitrogens is 4. The second-order valence-corrected chi connectivity index (χ2v) is 13.6. The lowest BCUT2D eigenvalue weighted by Crippen LogP contribution is -2.00. The van der Waals surface area contributed by atoms with E-state index in [0.29, 0.717) is 17.5 Å². The molecule has 53 heavy (non-hydrogen) atoms. The maximum absolute atomic E-state index is 5.23. The van der Waals surface area contributed by atoms with Crippen LogP contribution in [-0.2, 0) is 0 Å². The molecular formula is C49H30N4. The van der Waals surface area contributed by atoms with Crippen molar-refractivity contribution in [2.75, 3.05) is 0 Å². The van der Waals surface area contributed by atoms with Crippen LogP contribution in [0.15, 0.2) is 182 Å². The fourth-order valence-corrected chi connectivity index (χ4v) is 8.17. The van der Waals surface area contributed by atoms with Gasteiger partial charge in [0.05, 0.1) is 11.0 Å². The van der Waals surface area contributed by atoms with Gasteiger partial charge >= 0.3 is 0 Å². The van der Waals surface area contributed by atoms with Crippen molar-refractivity contribution in [1.82, 2.24) is 19.5 Å². The predicted octanol–water partition coefficient (Wildman–Crippen LogP) is 12.5. The van der Waals surface area contributed by atoms with Crippen LogP contribution >= 0.6 is 0 Å². The molecule has 0 N–H and O–H groups in total. The number of rotatable bonds is 5. The summed E-state index contributed by atoms with van der Waals surface area (Å²) in [5, 5.41) is 9.95. The van der Waals surface area contributed by atoms with Crippen LogP contribution in [0.2, 0.25) is 0 Å². The smallest absolute Gasteiger partial charge is 0.164 e. The molecule has 4 heteroatoms. The quantitative estimate of drug-likeness (QED) is 0.171. The monoisotopic (exact) mass is 674 g/mol. The van der Waals surface area contributed by atoms with Crippen molar-refractivity contribution in [3.63, 3.8) is 0 Å². The van der Waals surface area contributed by atoms with E-state index in [0.717, 1.165) is 33.5 Å². The summed E-state index contributed by atoms with van der Waals surface area (Å²) >= 11 is 0. The number of nitrogens with zero attached hydrogens (tertiary/aromatic N) is 4. The second kappa shape index (κ2) is 11.7. The molecule has 0 saturated carbocycles. The van der Waals surface area contributed by atoms with Crippen LogP contribution in [0.5, 0.6) is 0 Å². The third kappa shape index (κ3) is 4.66. The first-order valence-corrected chi connectivity index (χ1v) is 18.0. The van der Waals surface area contributed by atoms with Gasteiger partial charge in [-0.15, -0.1) is 0 Å². The summed E-state index contributed by atoms with van der Waals surface area (Å²) in [5.41, 5.74) is 8.57. The highest BCUT2D eigenvalue weighted by molar-refractivity contribution is 6.38. The van der Waals surface area contributed by atoms with Crippen molar-refractivity contribution in [2.45, 2.75) is 0 Å². The average Bonchev–Trinajstić information content (AvgIpc) is 3.58. The summed E-state index contributed by atoms with van der Waals surface area (Å²) in [6.07, 6.45) is 0. The fraction of sp³-hybridized carbons (Fsp3) is 0. The Balaban J connectivity index is 1.22. The molecule has 2 heterocycles. The van der Waals surface area contributed by atoms with Gasteiger partial charge in [-0.2, -0.15) is 0 Å². The van der Waals surface area contributed by atoms with Crippen molar-refractivity contribution in [2.24, 2.45) is 0 Å². The molecule has 0 radical (unpaired) electrons. The summed E-state index contributed by atoms with van der Waals surface area (Å²) in [5.74, 6) is 1.92. The normalized spacial score (nSPS) is 11.8. The Bertz CT molecular complexity index is 3130. The van der Waals surface area contributed by atoms with Gasteiger partial charge in [-0.1, -0.05) is 152 Å². The molecule has 11 aromatic rings. The lowest BCUT2D eigenvalue weighted by Gasteiger charge is -2.13. The molecule has 0 aliphatic carbocycles. The minimum absolute atomic E-state index is 0.636. The molecule has 0 atom stereocenters. The lowest BCUT2D eigenvalue weighted by molar-refractivity contribution is 1.07. The van der Waals surface area contributed by atoms with Crippen LogP contribution in [0.1, 0.15) is 0 Å². The van der Waals surface area contributed by atoms with Gasteiger partial charge in [0, 0.05) is 33.2 Å². The maximum atomic E-state index is 5.23. The van der Waals surface area contributed by atoms with E-state index in [9.17, 15) is 0 Å². The molecule has 0 amide bonds. The second-order valence-electron chi connectivity index (χ2n) is 13.6. The van der Waals surface area contributed by atoms with E-state index < -0.39 is 0 Å². The predicted molar refractivity (Wildman–Crippen MR) is 220 cm³/mol. The molecule has 4 nitrogen and oxygen atoms in total. The molecule has 0 bridgehead atoms. The molecule has 0 unspecified atom stereocenters. The Morgan fingerprint density at radius 1 is 0.302 bits per heavy atom. The van der Waals surface area contributed by atoms with Crippen molar-refractivity contribution >= 4 is 54.1 Å². The van der Waals surface area contributed by atoms with Gasteiger partial charge in [0.25, 0.3) is 0 Å². The largest absolute Gasteiger partial charge is 0.309 e. The molecule has 0 aliphatic rings. The molecule has 0 spiro atoms. The topological polar surface area (TPSA) is 43.6 Å². The van der Waals surface area contributed by atoms with E-state index in [2.05, 4.69) is 162 Å². The SMILES string of the molecule is c1ccc(-c2ccc(-c3nc(-c4ccccc4)nc(-c4cc5c6ccc7ccccc7c6c6cccc7c6c5c(c4)n7-c4ccccc4)n3)cc2)cc1. The van der Waals surface area contributed by atoms with Crippen LogP contribution in [0.25, 0.3) is 105 Å². The number of hydrogen-bond donors (Lipinski definition) is 0. The minimum atomic E-state index is 0.636. The lowest BCUT2D eigenvalue weighted by atomic mass is 9.90. The molecule has 9 aromatic carbocycles. The number of benzene rings is 9. The van der Waals surface area contributed by atoms with E-state index in [4.69, 9.17) is 15.0 Å². The van der Waals surface area contributed by atoms with Crippen LogP contribution in [-0.4, -0.2) is 19.5 Å². The summed E-state index contributed by atoms with van der Waals surface area (Å²) in [6.45, 7) is 0. The van der Waals surface area contributed by atoms with Gasteiger partial charge in [0.1, 0.15) is 0 Å². The molecule has 0 saturated heterocycles. The highest BCUT2D eigenvalue weighted by atomic mass is 15.0. The van der Waals surface area contributed by atoms with Gasteiger partial charge in [-0.25, -0.2) is 15.0 Å². The van der Waals surface area contributed by atoms with Crippen molar-refractivity contribution in [1.29, 1.82) is 0 Å². The van der Waals surface area contributed by atoms with Gasteiger partial charge in [0.15, 0.2) is 17.5 Å². The first-order valence-electron chi connectivity index (χ1n) is 18.0. The number of fused-ring (bicyclic) bond motifs is 5. The Morgan fingerprint density at radius 3 is 1.58 bits per heavy atom. The highest BCUT2D eigenvalue weighted by Crippen LogP contribution is 2.47. The summed E-state index contributed by atoms with van der Waals surface area (Å²) in [7, 11) is 0. The first kappa shape index (κ1) is 29.5. The van der Waals surface area contributed by atoms with Crippen LogP contribution < -0.4 is 0 Å². The Hall–Kier alpha value is -7.17. The molecule has 2 aromatic heterocycles. The molecule has 0 fully saturated rings. The Kier molecular flexibility index (Phi) is 6.52. The van der Waals surface area contributed by atoms with Gasteiger partial charge in [-0.05, 0) is 73.8 Å². The van der Waals surface area contributed by atoms with Crippen LogP contribution in [0.3, 0.4) is 0 Å². The van der Waals surface area contributed by atoms with Crippen LogP contribution in [0.4, 0.5) is 0 Å². The number of hydrogen-bond acceptors (Lipinski definition) is 3. The maximum Gasteiger partial charge on any atom is 0.164 e. The van der Waals surface area contributed by atoms with Crippen molar-refractivity contribution in [3.8, 4) is 51.0 Å². The minimum Gasteiger partial charge on any atom is -0.309 e. The van der Waals surface area contributed by atoms with Gasteiger partial charge in [-0.3, -0.25) is 0 Å². The van der Waals surface area contributed by atoms with E-state index in [1.165, 1.54) is 54.2 Å². The third-order valence-corrected chi connectivity index (χ3v) is 10.6. The zero-order valence-electron chi connectivity index (χ0n) is 28.6. The Labute approximate surface area is 305 Å². The van der Waals surface area contributed by atoms with E-state index in [1.807, 2.05) is 24.3 Å².